The zero-order valence-corrected chi connectivity index (χ0v) is 14.2. The van der Waals surface area contributed by atoms with Crippen molar-refractivity contribution >= 4 is 17.5 Å². The molecule has 2 aromatic heterocycles. The van der Waals surface area contributed by atoms with Crippen LogP contribution in [0.1, 0.15) is 48.5 Å². The summed E-state index contributed by atoms with van der Waals surface area (Å²) in [6.45, 7) is 4.79. The number of rotatable bonds is 4. The average molecular weight is 329 g/mol. The van der Waals surface area contributed by atoms with E-state index in [4.69, 9.17) is 0 Å². The zero-order valence-electron chi connectivity index (χ0n) is 14.2. The lowest BCUT2D eigenvalue weighted by Crippen LogP contribution is -2.45. The van der Waals surface area contributed by atoms with E-state index in [2.05, 4.69) is 15.4 Å². The van der Waals surface area contributed by atoms with Crippen molar-refractivity contribution in [3.63, 3.8) is 0 Å². The second kappa shape index (κ2) is 6.98. The molecule has 0 bridgehead atoms. The lowest BCUT2D eigenvalue weighted by molar-refractivity contribution is -0.119. The van der Waals surface area contributed by atoms with Crippen LogP contribution < -0.4 is 5.32 Å². The third-order valence-corrected chi connectivity index (χ3v) is 4.46. The van der Waals surface area contributed by atoms with E-state index in [1.165, 1.54) is 6.92 Å². The Labute approximate surface area is 141 Å². The first-order chi connectivity index (χ1) is 11.6. The van der Waals surface area contributed by atoms with Gasteiger partial charge in [-0.15, -0.1) is 0 Å². The SMILES string of the molecule is CC(=O)NCC[C@H]1CCCCN1C(=O)c1cnn2cc(C)cnc12. The number of amides is 2. The van der Waals surface area contributed by atoms with Crippen molar-refractivity contribution in [3.05, 3.63) is 29.7 Å². The molecule has 2 aromatic rings. The molecule has 0 radical (unpaired) electrons. The molecule has 1 atom stereocenters. The molecule has 0 unspecified atom stereocenters. The van der Waals surface area contributed by atoms with E-state index >= 15 is 0 Å². The summed E-state index contributed by atoms with van der Waals surface area (Å²) < 4.78 is 1.65. The van der Waals surface area contributed by atoms with Gasteiger partial charge in [0.2, 0.25) is 5.91 Å². The smallest absolute Gasteiger partial charge is 0.259 e. The largest absolute Gasteiger partial charge is 0.356 e. The minimum absolute atomic E-state index is 0.0196. The van der Waals surface area contributed by atoms with E-state index in [0.29, 0.717) is 17.8 Å². The van der Waals surface area contributed by atoms with Crippen molar-refractivity contribution in [1.82, 2.24) is 24.8 Å². The molecule has 3 heterocycles. The number of aromatic nitrogens is 3. The Hall–Kier alpha value is -2.44. The van der Waals surface area contributed by atoms with Crippen molar-refractivity contribution < 1.29 is 9.59 Å². The molecule has 0 spiro atoms. The molecule has 7 nitrogen and oxygen atoms in total. The summed E-state index contributed by atoms with van der Waals surface area (Å²) in [6.07, 6.45) is 9.08. The quantitative estimate of drug-likeness (QED) is 0.923. The van der Waals surface area contributed by atoms with Crippen molar-refractivity contribution in [2.24, 2.45) is 0 Å². The first-order valence-electron chi connectivity index (χ1n) is 8.41. The molecular formula is C17H23N5O2. The Morgan fingerprint density at radius 1 is 1.33 bits per heavy atom. The highest BCUT2D eigenvalue weighted by molar-refractivity contribution is 5.99. The van der Waals surface area contributed by atoms with Crippen LogP contribution in [0.5, 0.6) is 0 Å². The minimum atomic E-state index is -0.0362. The van der Waals surface area contributed by atoms with Crippen LogP contribution in [0.4, 0.5) is 0 Å². The van der Waals surface area contributed by atoms with Gasteiger partial charge >= 0.3 is 0 Å². The van der Waals surface area contributed by atoms with Crippen LogP contribution in [0.3, 0.4) is 0 Å². The average Bonchev–Trinajstić information content (AvgIpc) is 2.97. The van der Waals surface area contributed by atoms with E-state index < -0.39 is 0 Å². The van der Waals surface area contributed by atoms with E-state index in [1.54, 1.807) is 16.9 Å². The van der Waals surface area contributed by atoms with Crippen LogP contribution in [0.25, 0.3) is 5.65 Å². The van der Waals surface area contributed by atoms with Gasteiger partial charge in [-0.05, 0) is 38.2 Å². The van der Waals surface area contributed by atoms with Crippen LogP contribution in [0.2, 0.25) is 0 Å². The summed E-state index contributed by atoms with van der Waals surface area (Å²) in [5.41, 5.74) is 2.13. The van der Waals surface area contributed by atoms with Crippen LogP contribution >= 0.6 is 0 Å². The number of hydrogen-bond donors (Lipinski definition) is 1. The maximum Gasteiger partial charge on any atom is 0.259 e. The maximum absolute atomic E-state index is 13.0. The van der Waals surface area contributed by atoms with Gasteiger partial charge in [-0.25, -0.2) is 9.50 Å². The van der Waals surface area contributed by atoms with Gasteiger partial charge in [-0.3, -0.25) is 9.59 Å². The topological polar surface area (TPSA) is 79.6 Å². The molecule has 0 aliphatic carbocycles. The summed E-state index contributed by atoms with van der Waals surface area (Å²) in [7, 11) is 0. The monoisotopic (exact) mass is 329 g/mol. The Balaban J connectivity index is 1.78. The number of likely N-dealkylation sites (tertiary alicyclic amines) is 1. The molecule has 3 rings (SSSR count). The van der Waals surface area contributed by atoms with Gasteiger partial charge in [0.25, 0.3) is 5.91 Å². The van der Waals surface area contributed by atoms with E-state index in [0.717, 1.165) is 37.8 Å². The van der Waals surface area contributed by atoms with Gasteiger partial charge in [-0.2, -0.15) is 5.10 Å². The highest BCUT2D eigenvalue weighted by Crippen LogP contribution is 2.23. The number of hydrogen-bond acceptors (Lipinski definition) is 4. The van der Waals surface area contributed by atoms with Crippen LogP contribution in [0, 0.1) is 6.92 Å². The summed E-state index contributed by atoms with van der Waals surface area (Å²) in [5.74, 6) is -0.0558. The van der Waals surface area contributed by atoms with Gasteiger partial charge < -0.3 is 10.2 Å². The molecular weight excluding hydrogens is 306 g/mol. The number of carbonyl (C=O) groups excluding carboxylic acids is 2. The van der Waals surface area contributed by atoms with Crippen molar-refractivity contribution in [2.75, 3.05) is 13.1 Å². The summed E-state index contributed by atoms with van der Waals surface area (Å²) in [6, 6.07) is 0.151. The summed E-state index contributed by atoms with van der Waals surface area (Å²) in [4.78, 5) is 30.3. The van der Waals surface area contributed by atoms with Gasteiger partial charge in [0.1, 0.15) is 5.56 Å². The fourth-order valence-corrected chi connectivity index (χ4v) is 3.26. The first kappa shape index (κ1) is 16.4. The number of nitrogens with zero attached hydrogens (tertiary/aromatic N) is 4. The Bertz CT molecular complexity index is 755. The first-order valence-corrected chi connectivity index (χ1v) is 8.41. The van der Waals surface area contributed by atoms with Gasteiger partial charge in [0.05, 0.1) is 6.20 Å². The molecule has 2 amide bonds. The second-order valence-electron chi connectivity index (χ2n) is 6.38. The van der Waals surface area contributed by atoms with Crippen LogP contribution in [-0.4, -0.2) is 50.4 Å². The highest BCUT2D eigenvalue weighted by atomic mass is 16.2. The fourth-order valence-electron chi connectivity index (χ4n) is 3.26. The number of nitrogens with one attached hydrogen (secondary N) is 1. The van der Waals surface area contributed by atoms with Crippen LogP contribution in [0.15, 0.2) is 18.6 Å². The molecule has 128 valence electrons. The van der Waals surface area contributed by atoms with E-state index in [1.807, 2.05) is 18.0 Å². The molecule has 0 aromatic carbocycles. The third kappa shape index (κ3) is 3.39. The van der Waals surface area contributed by atoms with Crippen molar-refractivity contribution in [1.29, 1.82) is 0 Å². The fraction of sp³-hybridized carbons (Fsp3) is 0.529. The van der Waals surface area contributed by atoms with Gasteiger partial charge in [-0.1, -0.05) is 0 Å². The summed E-state index contributed by atoms with van der Waals surface area (Å²) in [5, 5.41) is 7.07. The predicted octanol–water partition coefficient (Wildman–Crippen LogP) is 1.56. The molecule has 1 aliphatic rings. The van der Waals surface area contributed by atoms with Crippen LogP contribution in [-0.2, 0) is 4.79 Å². The Morgan fingerprint density at radius 3 is 2.96 bits per heavy atom. The predicted molar refractivity (Wildman–Crippen MR) is 89.7 cm³/mol. The Kier molecular flexibility index (Phi) is 4.78. The van der Waals surface area contributed by atoms with E-state index in [9.17, 15) is 9.59 Å². The Morgan fingerprint density at radius 2 is 2.17 bits per heavy atom. The zero-order chi connectivity index (χ0) is 17.1. The number of aryl methyl sites for hydroxylation is 1. The summed E-state index contributed by atoms with van der Waals surface area (Å²) >= 11 is 0. The molecule has 1 fully saturated rings. The third-order valence-electron chi connectivity index (χ3n) is 4.46. The molecule has 7 heteroatoms. The number of carbonyl (C=O) groups is 2. The second-order valence-corrected chi connectivity index (χ2v) is 6.38. The molecule has 24 heavy (non-hydrogen) atoms. The molecule has 0 saturated carbocycles. The maximum atomic E-state index is 13.0. The lowest BCUT2D eigenvalue weighted by Gasteiger charge is -2.35. The van der Waals surface area contributed by atoms with Crippen molar-refractivity contribution in [3.8, 4) is 0 Å². The number of fused-ring (bicyclic) bond motifs is 1. The normalized spacial score (nSPS) is 17.9. The molecule has 1 saturated heterocycles. The highest BCUT2D eigenvalue weighted by Gasteiger charge is 2.29. The molecule has 1 aliphatic heterocycles. The van der Waals surface area contributed by atoms with Gasteiger partial charge in [0.15, 0.2) is 5.65 Å². The number of piperidine rings is 1. The van der Waals surface area contributed by atoms with Crippen molar-refractivity contribution in [2.45, 2.75) is 45.6 Å². The minimum Gasteiger partial charge on any atom is -0.356 e. The van der Waals surface area contributed by atoms with E-state index in [-0.39, 0.29) is 17.9 Å². The lowest BCUT2D eigenvalue weighted by atomic mass is 9.98. The standard InChI is InChI=1S/C17H23N5O2/c1-12-9-19-16-15(10-20-22(16)11-12)17(24)21-8-4-3-5-14(21)6-7-18-13(2)23/h9-11,14H,3-8H2,1-2H3,(H,18,23)/t14-/m1/s1. The molecule has 1 N–H and O–H groups in total. The van der Waals surface area contributed by atoms with Gasteiger partial charge in [0, 0.05) is 38.4 Å².